The Morgan fingerprint density at radius 3 is 2.61 bits per heavy atom. The van der Waals surface area contributed by atoms with Gasteiger partial charge < -0.3 is 5.32 Å². The molecule has 2 N–H and O–H groups in total. The molecule has 1 rings (SSSR count). The molecular weight excluding hydrogens is 262 g/mol. The molecule has 0 unspecified atom stereocenters. The fourth-order valence-electron chi connectivity index (χ4n) is 1.42. The normalized spacial score (nSPS) is 13.6. The Morgan fingerprint density at radius 2 is 2.00 bits per heavy atom. The number of rotatable bonds is 6. The first-order valence-electron chi connectivity index (χ1n) is 5.55. The molecule has 0 saturated heterocycles. The molecule has 0 aliphatic rings. The van der Waals surface area contributed by atoms with Crippen LogP contribution in [0.15, 0.2) is 23.1 Å². The van der Waals surface area contributed by atoms with Gasteiger partial charge in [0, 0.05) is 12.6 Å². The monoisotopic (exact) mass is 278 g/mol. The van der Waals surface area contributed by atoms with Gasteiger partial charge in [0.05, 0.1) is 0 Å². The molecule has 18 heavy (non-hydrogen) atoms. The number of benzene rings is 1. The Labute approximate surface area is 105 Å². The maximum atomic E-state index is 13.3. The molecule has 0 aromatic heterocycles. The van der Waals surface area contributed by atoms with E-state index in [2.05, 4.69) is 10.0 Å². The number of halogens is 2. The van der Waals surface area contributed by atoms with Crippen LogP contribution in [0.5, 0.6) is 0 Å². The van der Waals surface area contributed by atoms with Gasteiger partial charge in [-0.2, -0.15) is 0 Å². The van der Waals surface area contributed by atoms with Gasteiger partial charge in [0.1, 0.15) is 16.5 Å². The zero-order valence-corrected chi connectivity index (χ0v) is 11.0. The van der Waals surface area contributed by atoms with E-state index in [1.807, 2.05) is 6.92 Å². The molecule has 7 heteroatoms. The Kier molecular flexibility index (Phi) is 5.18. The van der Waals surface area contributed by atoms with Gasteiger partial charge in [0.15, 0.2) is 0 Å². The maximum absolute atomic E-state index is 13.3. The Morgan fingerprint density at radius 1 is 1.33 bits per heavy atom. The van der Waals surface area contributed by atoms with Gasteiger partial charge in [-0.1, -0.05) is 6.92 Å². The molecule has 102 valence electrons. The highest BCUT2D eigenvalue weighted by atomic mass is 32.2. The second-order valence-corrected chi connectivity index (χ2v) is 5.62. The highest BCUT2D eigenvalue weighted by Gasteiger charge is 2.20. The third kappa shape index (κ3) is 4.01. The van der Waals surface area contributed by atoms with E-state index in [0.717, 1.165) is 12.1 Å². The second kappa shape index (κ2) is 6.21. The van der Waals surface area contributed by atoms with Crippen LogP contribution in [-0.2, 0) is 10.0 Å². The van der Waals surface area contributed by atoms with Crippen molar-refractivity contribution in [1.82, 2.24) is 10.0 Å². The molecule has 1 atom stereocenters. The largest absolute Gasteiger partial charge is 0.313 e. The van der Waals surface area contributed by atoms with Gasteiger partial charge in [-0.25, -0.2) is 21.9 Å². The van der Waals surface area contributed by atoms with Crippen LogP contribution in [0.4, 0.5) is 8.78 Å². The van der Waals surface area contributed by atoms with Crippen molar-refractivity contribution in [3.63, 3.8) is 0 Å². The Hall–Kier alpha value is -1.05. The van der Waals surface area contributed by atoms with E-state index in [1.165, 1.54) is 0 Å². The van der Waals surface area contributed by atoms with E-state index < -0.39 is 26.6 Å². The first kappa shape index (κ1) is 15.0. The number of hydrogen-bond acceptors (Lipinski definition) is 3. The quantitative estimate of drug-likeness (QED) is 0.823. The molecule has 0 amide bonds. The van der Waals surface area contributed by atoms with E-state index >= 15 is 0 Å². The molecule has 0 bridgehead atoms. The lowest BCUT2D eigenvalue weighted by atomic mass is 10.3. The molecule has 0 radical (unpaired) electrons. The average Bonchev–Trinajstić information content (AvgIpc) is 2.30. The number of likely N-dealkylation sites (N-methyl/N-ethyl adjacent to an activating group) is 1. The van der Waals surface area contributed by atoms with Crippen LogP contribution in [0.3, 0.4) is 0 Å². The molecular formula is C11H16F2N2O2S. The summed E-state index contributed by atoms with van der Waals surface area (Å²) in [7, 11) is -4.03. The highest BCUT2D eigenvalue weighted by Crippen LogP contribution is 2.15. The van der Waals surface area contributed by atoms with Crippen LogP contribution < -0.4 is 10.0 Å². The summed E-state index contributed by atoms with van der Waals surface area (Å²) in [6.07, 6.45) is 0. The fraction of sp³-hybridized carbons (Fsp3) is 0.455. The highest BCUT2D eigenvalue weighted by molar-refractivity contribution is 7.89. The van der Waals surface area contributed by atoms with Crippen LogP contribution in [0.2, 0.25) is 0 Å². The minimum absolute atomic E-state index is 0.0959. The lowest BCUT2D eigenvalue weighted by molar-refractivity contribution is 0.524. The summed E-state index contributed by atoms with van der Waals surface area (Å²) in [5, 5.41) is 3.00. The zero-order valence-electron chi connectivity index (χ0n) is 10.2. The Balaban J connectivity index is 2.83. The zero-order chi connectivity index (χ0) is 13.8. The van der Waals surface area contributed by atoms with Crippen molar-refractivity contribution < 1.29 is 17.2 Å². The molecule has 4 nitrogen and oxygen atoms in total. The molecule has 0 fully saturated rings. The standard InChI is InChI=1S/C11H16F2N2O2S/c1-3-14-8(2)7-15-18(16,17)11-6-9(12)4-5-10(11)13/h4-6,8,14-15H,3,7H2,1-2H3/t8-/m1/s1. The third-order valence-corrected chi connectivity index (χ3v) is 3.75. The van der Waals surface area contributed by atoms with E-state index in [9.17, 15) is 17.2 Å². The van der Waals surface area contributed by atoms with Crippen molar-refractivity contribution in [2.45, 2.75) is 24.8 Å². The summed E-state index contributed by atoms with van der Waals surface area (Å²) < 4.78 is 52.0. The predicted molar refractivity (Wildman–Crippen MR) is 64.7 cm³/mol. The van der Waals surface area contributed by atoms with E-state index in [0.29, 0.717) is 12.6 Å². The van der Waals surface area contributed by atoms with Crippen molar-refractivity contribution in [2.75, 3.05) is 13.1 Å². The third-order valence-electron chi connectivity index (χ3n) is 2.31. The van der Waals surface area contributed by atoms with Crippen molar-refractivity contribution in [2.24, 2.45) is 0 Å². The van der Waals surface area contributed by atoms with E-state index in [4.69, 9.17) is 0 Å². The fourth-order valence-corrected chi connectivity index (χ4v) is 2.63. The van der Waals surface area contributed by atoms with Crippen LogP contribution in [0.1, 0.15) is 13.8 Å². The summed E-state index contributed by atoms with van der Waals surface area (Å²) in [4.78, 5) is -0.675. The van der Waals surface area contributed by atoms with Gasteiger partial charge in [-0.05, 0) is 31.7 Å². The summed E-state index contributed by atoms with van der Waals surface area (Å²) in [5.41, 5.74) is 0. The van der Waals surface area contributed by atoms with Gasteiger partial charge in [-0.3, -0.25) is 0 Å². The SMILES string of the molecule is CCN[C@H](C)CNS(=O)(=O)c1cc(F)ccc1F. The summed E-state index contributed by atoms with van der Waals surface area (Å²) in [6.45, 7) is 4.47. The Bertz CT molecular complexity index is 506. The van der Waals surface area contributed by atoms with E-state index in [-0.39, 0.29) is 12.6 Å². The molecule has 1 aromatic rings. The first-order chi connectivity index (χ1) is 8.36. The van der Waals surface area contributed by atoms with Crippen LogP contribution in [-0.4, -0.2) is 27.5 Å². The predicted octanol–water partition coefficient (Wildman–Crippen LogP) is 1.24. The van der Waals surface area contributed by atoms with Gasteiger partial charge in [0.25, 0.3) is 0 Å². The average molecular weight is 278 g/mol. The molecule has 0 aliphatic heterocycles. The molecule has 0 aliphatic carbocycles. The molecule has 0 heterocycles. The van der Waals surface area contributed by atoms with E-state index in [1.54, 1.807) is 6.92 Å². The lowest BCUT2D eigenvalue weighted by Gasteiger charge is -2.13. The van der Waals surface area contributed by atoms with Gasteiger partial charge in [0.2, 0.25) is 10.0 Å². The number of sulfonamides is 1. The maximum Gasteiger partial charge on any atom is 0.243 e. The van der Waals surface area contributed by atoms with Crippen LogP contribution in [0, 0.1) is 11.6 Å². The smallest absolute Gasteiger partial charge is 0.243 e. The first-order valence-corrected chi connectivity index (χ1v) is 7.03. The van der Waals surface area contributed by atoms with Crippen molar-refractivity contribution >= 4 is 10.0 Å². The second-order valence-electron chi connectivity index (χ2n) is 3.89. The summed E-state index contributed by atoms with van der Waals surface area (Å²) in [6, 6.07) is 2.23. The summed E-state index contributed by atoms with van der Waals surface area (Å²) in [5.74, 6) is -1.77. The molecule has 1 aromatic carbocycles. The summed E-state index contributed by atoms with van der Waals surface area (Å²) >= 11 is 0. The van der Waals surface area contributed by atoms with Crippen LogP contribution in [0.25, 0.3) is 0 Å². The minimum atomic E-state index is -4.03. The van der Waals surface area contributed by atoms with Crippen molar-refractivity contribution in [1.29, 1.82) is 0 Å². The topological polar surface area (TPSA) is 58.2 Å². The lowest BCUT2D eigenvalue weighted by Crippen LogP contribution is -2.39. The van der Waals surface area contributed by atoms with Gasteiger partial charge in [-0.15, -0.1) is 0 Å². The molecule has 0 saturated carbocycles. The molecule has 0 spiro atoms. The van der Waals surface area contributed by atoms with Crippen LogP contribution >= 0.6 is 0 Å². The van der Waals surface area contributed by atoms with Crippen molar-refractivity contribution in [3.05, 3.63) is 29.8 Å². The number of nitrogens with one attached hydrogen (secondary N) is 2. The number of hydrogen-bond donors (Lipinski definition) is 2. The van der Waals surface area contributed by atoms with Gasteiger partial charge >= 0.3 is 0 Å². The van der Waals surface area contributed by atoms with Crippen molar-refractivity contribution in [3.8, 4) is 0 Å². The minimum Gasteiger partial charge on any atom is -0.313 e.